The molecule has 3 rings (SSSR count). The van der Waals surface area contributed by atoms with Crippen LogP contribution in [0.5, 0.6) is 5.75 Å². The van der Waals surface area contributed by atoms with E-state index in [4.69, 9.17) is 4.74 Å². The molecule has 3 aromatic rings. The molecule has 0 heterocycles. The van der Waals surface area contributed by atoms with Gasteiger partial charge in [0.25, 0.3) is 5.91 Å². The molecule has 0 radical (unpaired) electrons. The Morgan fingerprint density at radius 2 is 1.61 bits per heavy atom. The molecular formula is C26H30N2O3. The predicted molar refractivity (Wildman–Crippen MR) is 124 cm³/mol. The maximum absolute atomic E-state index is 13.3. The maximum atomic E-state index is 13.3. The minimum atomic E-state index is -0.564. The standard InChI is InChI=1S/C26H30N2O3/c1-4-23(26(30)27-19(2)3)28(17-20-11-6-5-7-12-20)25(29)18-31-24-16-10-14-21-13-8-9-15-22(21)24/h5-16,19,23H,4,17-18H2,1-3H3,(H,27,30). The Balaban J connectivity index is 1.81. The number of nitrogens with zero attached hydrogens (tertiary/aromatic N) is 1. The van der Waals surface area contributed by atoms with Crippen molar-refractivity contribution in [3.8, 4) is 5.75 Å². The minimum Gasteiger partial charge on any atom is -0.483 e. The smallest absolute Gasteiger partial charge is 0.261 e. The van der Waals surface area contributed by atoms with Crippen LogP contribution in [0.1, 0.15) is 32.8 Å². The van der Waals surface area contributed by atoms with E-state index in [-0.39, 0.29) is 24.5 Å². The van der Waals surface area contributed by atoms with Gasteiger partial charge in [-0.25, -0.2) is 0 Å². The predicted octanol–water partition coefficient (Wildman–Crippen LogP) is 4.55. The van der Waals surface area contributed by atoms with Crippen molar-refractivity contribution in [1.29, 1.82) is 0 Å². The minimum absolute atomic E-state index is 0.00200. The third-order valence-electron chi connectivity index (χ3n) is 5.11. The molecule has 2 amide bonds. The highest BCUT2D eigenvalue weighted by Crippen LogP contribution is 2.25. The van der Waals surface area contributed by atoms with Crippen LogP contribution >= 0.6 is 0 Å². The van der Waals surface area contributed by atoms with Crippen molar-refractivity contribution in [1.82, 2.24) is 10.2 Å². The quantitative estimate of drug-likeness (QED) is 0.555. The number of amides is 2. The van der Waals surface area contributed by atoms with Crippen LogP contribution in [0, 0.1) is 0 Å². The molecule has 5 heteroatoms. The number of hydrogen-bond acceptors (Lipinski definition) is 3. The fraction of sp³-hybridized carbons (Fsp3) is 0.308. The first-order valence-electron chi connectivity index (χ1n) is 10.7. The van der Waals surface area contributed by atoms with E-state index in [1.165, 1.54) is 0 Å². The van der Waals surface area contributed by atoms with Crippen molar-refractivity contribution in [3.05, 3.63) is 78.4 Å². The zero-order chi connectivity index (χ0) is 22.2. The molecule has 162 valence electrons. The second-order valence-electron chi connectivity index (χ2n) is 7.86. The number of ether oxygens (including phenoxy) is 1. The topological polar surface area (TPSA) is 58.6 Å². The van der Waals surface area contributed by atoms with E-state index >= 15 is 0 Å². The summed E-state index contributed by atoms with van der Waals surface area (Å²) in [5, 5.41) is 4.95. The monoisotopic (exact) mass is 418 g/mol. The summed E-state index contributed by atoms with van der Waals surface area (Å²) in [6.07, 6.45) is 0.519. The summed E-state index contributed by atoms with van der Waals surface area (Å²) in [6.45, 7) is 5.96. The third kappa shape index (κ3) is 5.85. The van der Waals surface area contributed by atoms with Crippen molar-refractivity contribution in [3.63, 3.8) is 0 Å². The van der Waals surface area contributed by atoms with Crippen molar-refractivity contribution < 1.29 is 14.3 Å². The van der Waals surface area contributed by atoms with Crippen molar-refractivity contribution in [2.24, 2.45) is 0 Å². The van der Waals surface area contributed by atoms with Crippen LogP contribution in [-0.4, -0.2) is 35.4 Å². The van der Waals surface area contributed by atoms with Gasteiger partial charge in [-0.15, -0.1) is 0 Å². The Labute approximate surface area is 184 Å². The first-order valence-corrected chi connectivity index (χ1v) is 10.7. The Kier molecular flexibility index (Phi) is 7.65. The highest BCUT2D eigenvalue weighted by atomic mass is 16.5. The van der Waals surface area contributed by atoms with Gasteiger partial charge in [-0.1, -0.05) is 73.7 Å². The molecule has 5 nitrogen and oxygen atoms in total. The summed E-state index contributed by atoms with van der Waals surface area (Å²) < 4.78 is 5.93. The molecular weight excluding hydrogens is 388 g/mol. The molecule has 0 fully saturated rings. The van der Waals surface area contributed by atoms with Crippen LogP contribution in [0.15, 0.2) is 72.8 Å². The van der Waals surface area contributed by atoms with Crippen molar-refractivity contribution in [2.75, 3.05) is 6.61 Å². The second-order valence-corrected chi connectivity index (χ2v) is 7.86. The molecule has 1 atom stereocenters. The van der Waals surface area contributed by atoms with Crippen molar-refractivity contribution in [2.45, 2.75) is 45.8 Å². The molecule has 3 aromatic carbocycles. The number of nitrogens with one attached hydrogen (secondary N) is 1. The number of carbonyl (C=O) groups is 2. The van der Waals surface area contributed by atoms with E-state index in [2.05, 4.69) is 5.32 Å². The van der Waals surface area contributed by atoms with Crippen LogP contribution in [0.3, 0.4) is 0 Å². The van der Waals surface area contributed by atoms with Gasteiger partial charge >= 0.3 is 0 Å². The Hall–Kier alpha value is -3.34. The number of fused-ring (bicyclic) bond motifs is 1. The second kappa shape index (κ2) is 10.6. The molecule has 0 saturated heterocycles. The van der Waals surface area contributed by atoms with E-state index in [1.807, 2.05) is 93.6 Å². The summed E-state index contributed by atoms with van der Waals surface area (Å²) in [5.74, 6) is 0.292. The van der Waals surface area contributed by atoms with E-state index in [1.54, 1.807) is 4.90 Å². The van der Waals surface area contributed by atoms with Crippen LogP contribution in [0.2, 0.25) is 0 Å². The van der Waals surface area contributed by atoms with Crippen LogP contribution in [0.4, 0.5) is 0 Å². The Bertz CT molecular complexity index is 1010. The van der Waals surface area contributed by atoms with Gasteiger partial charge in [0, 0.05) is 18.0 Å². The fourth-order valence-electron chi connectivity index (χ4n) is 3.62. The molecule has 0 aliphatic rings. The number of carbonyl (C=O) groups excluding carboxylic acids is 2. The molecule has 0 aliphatic carbocycles. The molecule has 0 aromatic heterocycles. The van der Waals surface area contributed by atoms with E-state index in [0.29, 0.717) is 18.7 Å². The van der Waals surface area contributed by atoms with Gasteiger partial charge in [0.2, 0.25) is 5.91 Å². The SMILES string of the molecule is CCC(C(=O)NC(C)C)N(Cc1ccccc1)C(=O)COc1cccc2ccccc12. The largest absolute Gasteiger partial charge is 0.483 e. The highest BCUT2D eigenvalue weighted by molar-refractivity contribution is 5.90. The summed E-state index contributed by atoms with van der Waals surface area (Å²) in [7, 11) is 0. The Morgan fingerprint density at radius 3 is 2.32 bits per heavy atom. The van der Waals surface area contributed by atoms with Gasteiger partial charge in [0.1, 0.15) is 11.8 Å². The van der Waals surface area contributed by atoms with Crippen LogP contribution in [0.25, 0.3) is 10.8 Å². The zero-order valence-corrected chi connectivity index (χ0v) is 18.4. The van der Waals surface area contributed by atoms with E-state index < -0.39 is 6.04 Å². The summed E-state index contributed by atoms with van der Waals surface area (Å²) in [6, 6.07) is 22.8. The molecule has 0 bridgehead atoms. The maximum Gasteiger partial charge on any atom is 0.261 e. The molecule has 0 saturated carbocycles. The lowest BCUT2D eigenvalue weighted by atomic mass is 10.1. The molecule has 0 aliphatic heterocycles. The summed E-state index contributed by atoms with van der Waals surface area (Å²) >= 11 is 0. The van der Waals surface area contributed by atoms with Gasteiger partial charge in [0.15, 0.2) is 6.61 Å². The lowest BCUT2D eigenvalue weighted by molar-refractivity contribution is -0.143. The van der Waals surface area contributed by atoms with Crippen LogP contribution in [-0.2, 0) is 16.1 Å². The van der Waals surface area contributed by atoms with Gasteiger partial charge in [0.05, 0.1) is 0 Å². The Morgan fingerprint density at radius 1 is 0.935 bits per heavy atom. The first kappa shape index (κ1) is 22.3. The summed E-state index contributed by atoms with van der Waals surface area (Å²) in [4.78, 5) is 27.7. The average Bonchev–Trinajstić information content (AvgIpc) is 2.77. The lowest BCUT2D eigenvalue weighted by Crippen LogP contribution is -2.51. The lowest BCUT2D eigenvalue weighted by Gasteiger charge is -2.31. The molecule has 1 N–H and O–H groups in total. The number of benzene rings is 3. The zero-order valence-electron chi connectivity index (χ0n) is 18.4. The number of hydrogen-bond donors (Lipinski definition) is 1. The fourth-order valence-corrected chi connectivity index (χ4v) is 3.62. The normalized spacial score (nSPS) is 11.9. The van der Waals surface area contributed by atoms with Gasteiger partial charge in [-0.05, 0) is 37.3 Å². The molecule has 1 unspecified atom stereocenters. The van der Waals surface area contributed by atoms with Crippen LogP contribution < -0.4 is 10.1 Å². The summed E-state index contributed by atoms with van der Waals surface area (Å²) in [5.41, 5.74) is 0.969. The van der Waals surface area contributed by atoms with E-state index in [9.17, 15) is 9.59 Å². The average molecular weight is 419 g/mol. The van der Waals surface area contributed by atoms with E-state index in [0.717, 1.165) is 16.3 Å². The van der Waals surface area contributed by atoms with Gasteiger partial charge in [-0.3, -0.25) is 9.59 Å². The molecule has 31 heavy (non-hydrogen) atoms. The van der Waals surface area contributed by atoms with Gasteiger partial charge in [-0.2, -0.15) is 0 Å². The van der Waals surface area contributed by atoms with Gasteiger partial charge < -0.3 is 15.0 Å². The first-order chi connectivity index (χ1) is 15.0. The molecule has 0 spiro atoms. The number of rotatable bonds is 9. The third-order valence-corrected chi connectivity index (χ3v) is 5.11. The highest BCUT2D eigenvalue weighted by Gasteiger charge is 2.29. The van der Waals surface area contributed by atoms with Crippen molar-refractivity contribution >= 4 is 22.6 Å².